The van der Waals surface area contributed by atoms with E-state index in [0.29, 0.717) is 0 Å². The molecular weight excluding hydrogens is 112 g/mol. The first-order valence-corrected chi connectivity index (χ1v) is 3.70. The van der Waals surface area contributed by atoms with E-state index in [4.69, 9.17) is 0 Å². The molecule has 2 rings (SSSR count). The topological polar surface area (TPSA) is 24.1 Å². The van der Waals surface area contributed by atoms with E-state index in [2.05, 4.69) is 10.6 Å². The molecular formula is C7H13N2. The standard InChI is InChI=1S/C7H13N2/c1-6-2-8-4-7(1)5-9-3-6/h6,8-9H,1-5H2. The molecule has 0 unspecified atom stereocenters. The Hall–Kier alpha value is -0.0800. The van der Waals surface area contributed by atoms with Gasteiger partial charge in [0.25, 0.3) is 0 Å². The van der Waals surface area contributed by atoms with Gasteiger partial charge in [0.15, 0.2) is 0 Å². The molecule has 9 heavy (non-hydrogen) atoms. The number of fused-ring (bicyclic) bond motifs is 2. The van der Waals surface area contributed by atoms with Crippen LogP contribution in [0, 0.1) is 11.8 Å². The molecule has 2 N–H and O–H groups in total. The third kappa shape index (κ3) is 1.10. The van der Waals surface area contributed by atoms with Gasteiger partial charge in [-0.1, -0.05) is 0 Å². The summed E-state index contributed by atoms with van der Waals surface area (Å²) in [5.41, 5.74) is 0. The van der Waals surface area contributed by atoms with Gasteiger partial charge in [-0.05, 0) is 25.4 Å². The molecule has 2 aliphatic heterocycles. The van der Waals surface area contributed by atoms with Crippen molar-refractivity contribution >= 4 is 0 Å². The van der Waals surface area contributed by atoms with E-state index in [1.807, 2.05) is 0 Å². The van der Waals surface area contributed by atoms with Crippen molar-refractivity contribution in [1.82, 2.24) is 10.6 Å². The highest BCUT2D eigenvalue weighted by atomic mass is 15.0. The quantitative estimate of drug-likeness (QED) is 0.467. The summed E-state index contributed by atoms with van der Waals surface area (Å²) >= 11 is 0. The number of piperidine rings is 2. The normalized spacial score (nSPS) is 30.7. The van der Waals surface area contributed by atoms with Crippen molar-refractivity contribution in [3.8, 4) is 0 Å². The number of hydrogen-bond acceptors (Lipinski definition) is 2. The Balaban J connectivity index is 1.96. The summed E-state index contributed by atoms with van der Waals surface area (Å²) in [4.78, 5) is 0. The molecule has 2 aliphatic rings. The van der Waals surface area contributed by atoms with Gasteiger partial charge in [0, 0.05) is 19.0 Å². The van der Waals surface area contributed by atoms with Gasteiger partial charge in [0.1, 0.15) is 0 Å². The third-order valence-corrected chi connectivity index (χ3v) is 2.19. The van der Waals surface area contributed by atoms with Crippen LogP contribution in [0.2, 0.25) is 0 Å². The van der Waals surface area contributed by atoms with E-state index in [-0.39, 0.29) is 0 Å². The van der Waals surface area contributed by atoms with Crippen molar-refractivity contribution in [1.29, 1.82) is 0 Å². The first-order chi connectivity index (χ1) is 4.45. The summed E-state index contributed by atoms with van der Waals surface area (Å²) in [6.45, 7) is 4.75. The Bertz CT molecular complexity index is 83.1. The van der Waals surface area contributed by atoms with Crippen LogP contribution in [0.4, 0.5) is 0 Å². The summed E-state index contributed by atoms with van der Waals surface area (Å²) in [5, 5.41) is 6.82. The fourth-order valence-electron chi connectivity index (χ4n) is 1.74. The Kier molecular flexibility index (Phi) is 1.44. The van der Waals surface area contributed by atoms with Gasteiger partial charge in [-0.3, -0.25) is 0 Å². The molecule has 1 radical (unpaired) electrons. The minimum Gasteiger partial charge on any atom is -0.316 e. The number of nitrogens with one attached hydrogen (secondary N) is 2. The molecule has 0 aliphatic carbocycles. The summed E-state index contributed by atoms with van der Waals surface area (Å²) in [6.07, 6.45) is 1.38. The zero-order valence-electron chi connectivity index (χ0n) is 5.61. The maximum atomic E-state index is 3.41. The molecule has 2 fully saturated rings. The molecule has 51 valence electrons. The lowest BCUT2D eigenvalue weighted by Gasteiger charge is -2.34. The SMILES string of the molecule is C1NCC2CNC[C]1C2. The molecule has 0 saturated carbocycles. The van der Waals surface area contributed by atoms with E-state index in [0.717, 1.165) is 19.0 Å². The van der Waals surface area contributed by atoms with Crippen LogP contribution in [-0.4, -0.2) is 26.2 Å². The molecule has 2 heterocycles. The van der Waals surface area contributed by atoms with Crippen LogP contribution >= 0.6 is 0 Å². The van der Waals surface area contributed by atoms with Crippen molar-refractivity contribution in [3.05, 3.63) is 5.92 Å². The van der Waals surface area contributed by atoms with Gasteiger partial charge in [-0.15, -0.1) is 0 Å². The van der Waals surface area contributed by atoms with Crippen molar-refractivity contribution < 1.29 is 0 Å². The van der Waals surface area contributed by atoms with Gasteiger partial charge in [0.2, 0.25) is 0 Å². The Morgan fingerprint density at radius 3 is 2.22 bits per heavy atom. The van der Waals surface area contributed by atoms with Crippen LogP contribution in [0.1, 0.15) is 6.42 Å². The summed E-state index contributed by atoms with van der Waals surface area (Å²) < 4.78 is 0. The average molecular weight is 125 g/mol. The molecule has 0 aromatic carbocycles. The van der Waals surface area contributed by atoms with Gasteiger partial charge in [-0.2, -0.15) is 0 Å². The minimum atomic E-state index is 0.891. The Labute approximate surface area is 56.0 Å². The maximum absolute atomic E-state index is 3.41. The molecule has 2 bridgehead atoms. The second kappa shape index (κ2) is 2.27. The zero-order valence-corrected chi connectivity index (χ0v) is 5.61. The largest absolute Gasteiger partial charge is 0.316 e. The van der Waals surface area contributed by atoms with Crippen molar-refractivity contribution in [2.45, 2.75) is 6.42 Å². The predicted molar refractivity (Wildman–Crippen MR) is 37.1 cm³/mol. The molecule has 2 heteroatoms. The highest BCUT2D eigenvalue weighted by Gasteiger charge is 2.25. The van der Waals surface area contributed by atoms with E-state index >= 15 is 0 Å². The first kappa shape index (κ1) is 5.69. The van der Waals surface area contributed by atoms with E-state index < -0.39 is 0 Å². The molecule has 0 spiro atoms. The second-order valence-electron chi connectivity index (χ2n) is 3.08. The maximum Gasteiger partial charge on any atom is 0.00368 e. The number of hydrogen-bond donors (Lipinski definition) is 2. The molecule has 0 aromatic heterocycles. The van der Waals surface area contributed by atoms with Gasteiger partial charge in [0.05, 0.1) is 0 Å². The average Bonchev–Trinajstić information content (AvgIpc) is 1.88. The van der Waals surface area contributed by atoms with Crippen LogP contribution < -0.4 is 10.6 Å². The Morgan fingerprint density at radius 2 is 1.78 bits per heavy atom. The van der Waals surface area contributed by atoms with E-state index in [1.165, 1.54) is 19.5 Å². The lowest BCUT2D eigenvalue weighted by atomic mass is 9.87. The smallest absolute Gasteiger partial charge is 0.00368 e. The van der Waals surface area contributed by atoms with Gasteiger partial charge in [-0.25, -0.2) is 0 Å². The highest BCUT2D eigenvalue weighted by Crippen LogP contribution is 2.20. The van der Waals surface area contributed by atoms with Gasteiger partial charge >= 0.3 is 0 Å². The lowest BCUT2D eigenvalue weighted by molar-refractivity contribution is 0.330. The van der Waals surface area contributed by atoms with Crippen LogP contribution in [-0.2, 0) is 0 Å². The zero-order chi connectivity index (χ0) is 6.10. The van der Waals surface area contributed by atoms with Crippen LogP contribution in [0.5, 0.6) is 0 Å². The van der Waals surface area contributed by atoms with E-state index in [1.54, 1.807) is 5.92 Å². The highest BCUT2D eigenvalue weighted by molar-refractivity contribution is 5.03. The summed E-state index contributed by atoms with van der Waals surface area (Å²) in [5.74, 6) is 2.56. The molecule has 0 amide bonds. The van der Waals surface area contributed by atoms with E-state index in [9.17, 15) is 0 Å². The molecule has 2 nitrogen and oxygen atoms in total. The third-order valence-electron chi connectivity index (χ3n) is 2.19. The monoisotopic (exact) mass is 125 g/mol. The first-order valence-electron chi connectivity index (χ1n) is 3.70. The van der Waals surface area contributed by atoms with Crippen LogP contribution in [0.15, 0.2) is 0 Å². The van der Waals surface area contributed by atoms with Crippen molar-refractivity contribution in [2.24, 2.45) is 5.92 Å². The van der Waals surface area contributed by atoms with Crippen molar-refractivity contribution in [2.75, 3.05) is 26.2 Å². The second-order valence-corrected chi connectivity index (χ2v) is 3.08. The minimum absolute atomic E-state index is 0.891. The van der Waals surface area contributed by atoms with Gasteiger partial charge < -0.3 is 10.6 Å². The number of rotatable bonds is 0. The summed E-state index contributed by atoms with van der Waals surface area (Å²) in [7, 11) is 0. The summed E-state index contributed by atoms with van der Waals surface area (Å²) in [6, 6.07) is 0. The van der Waals surface area contributed by atoms with Crippen LogP contribution in [0.3, 0.4) is 0 Å². The molecule has 2 saturated heterocycles. The Morgan fingerprint density at radius 1 is 1.11 bits per heavy atom. The van der Waals surface area contributed by atoms with Crippen molar-refractivity contribution in [3.63, 3.8) is 0 Å². The fourth-order valence-corrected chi connectivity index (χ4v) is 1.74. The van der Waals surface area contributed by atoms with Crippen LogP contribution in [0.25, 0.3) is 0 Å². The fraction of sp³-hybridized carbons (Fsp3) is 0.857. The predicted octanol–water partition coefficient (Wildman–Crippen LogP) is -0.226. The molecule has 0 aromatic rings. The molecule has 0 atom stereocenters. The lowest BCUT2D eigenvalue weighted by Crippen LogP contribution is -2.48.